The van der Waals surface area contributed by atoms with Crippen LogP contribution >= 0.6 is 0 Å². The molecule has 0 spiro atoms. The first-order valence-electron chi connectivity index (χ1n) is 6.64. The lowest BCUT2D eigenvalue weighted by atomic mass is 9.77. The van der Waals surface area contributed by atoms with Crippen LogP contribution < -0.4 is 5.32 Å². The number of nitrogens with zero attached hydrogens (tertiary/aromatic N) is 1. The number of rotatable bonds is 0. The molecule has 98 valence electrons. The molecular formula is C16H24N2. The lowest BCUT2D eigenvalue weighted by molar-refractivity contribution is 0.511. The van der Waals surface area contributed by atoms with Crippen LogP contribution in [0.25, 0.3) is 6.08 Å². The molecule has 18 heavy (non-hydrogen) atoms. The van der Waals surface area contributed by atoms with E-state index < -0.39 is 0 Å². The molecule has 0 aliphatic carbocycles. The van der Waals surface area contributed by atoms with Crippen molar-refractivity contribution in [3.63, 3.8) is 0 Å². The van der Waals surface area contributed by atoms with Gasteiger partial charge in [0.05, 0.1) is 11.4 Å². The lowest BCUT2D eigenvalue weighted by Gasteiger charge is -2.30. The Morgan fingerprint density at radius 3 is 2.28 bits per heavy atom. The first-order valence-corrected chi connectivity index (χ1v) is 6.64. The van der Waals surface area contributed by atoms with E-state index in [0.29, 0.717) is 0 Å². The third-order valence-corrected chi connectivity index (χ3v) is 3.30. The van der Waals surface area contributed by atoms with Crippen LogP contribution in [0.4, 0.5) is 0 Å². The van der Waals surface area contributed by atoms with Crippen molar-refractivity contribution >= 4 is 6.08 Å². The van der Waals surface area contributed by atoms with E-state index in [0.717, 1.165) is 12.2 Å². The Balaban J connectivity index is 2.67. The van der Waals surface area contributed by atoms with Gasteiger partial charge < -0.3 is 5.32 Å². The minimum Gasteiger partial charge on any atom is -0.387 e. The summed E-state index contributed by atoms with van der Waals surface area (Å²) >= 11 is 0. The summed E-state index contributed by atoms with van der Waals surface area (Å²) in [6.45, 7) is 14.4. The molecule has 0 unspecified atom stereocenters. The topological polar surface area (TPSA) is 24.9 Å². The molecule has 1 aromatic heterocycles. The second-order valence-corrected chi connectivity index (χ2v) is 7.14. The van der Waals surface area contributed by atoms with Crippen LogP contribution in [0.5, 0.6) is 0 Å². The lowest BCUT2D eigenvalue weighted by Crippen LogP contribution is -2.26. The smallest absolute Gasteiger partial charge is 0.0697 e. The Morgan fingerprint density at radius 1 is 1.06 bits per heavy atom. The molecule has 0 atom stereocenters. The summed E-state index contributed by atoms with van der Waals surface area (Å²) < 4.78 is 0. The van der Waals surface area contributed by atoms with E-state index in [1.54, 1.807) is 0 Å². The molecule has 2 heteroatoms. The van der Waals surface area contributed by atoms with Crippen molar-refractivity contribution in [1.29, 1.82) is 0 Å². The Hall–Kier alpha value is -1.31. The van der Waals surface area contributed by atoms with Gasteiger partial charge in [-0.1, -0.05) is 41.5 Å². The maximum Gasteiger partial charge on any atom is 0.0697 e. The second kappa shape index (κ2) is 4.11. The van der Waals surface area contributed by atoms with Gasteiger partial charge in [0.1, 0.15) is 0 Å². The number of hydrogen-bond acceptors (Lipinski definition) is 2. The highest BCUT2D eigenvalue weighted by molar-refractivity contribution is 5.54. The largest absolute Gasteiger partial charge is 0.387 e. The van der Waals surface area contributed by atoms with Crippen molar-refractivity contribution in [3.8, 4) is 0 Å². The molecule has 0 saturated carbocycles. The normalized spacial score (nSPS) is 15.2. The Kier molecular flexibility index (Phi) is 3.00. The van der Waals surface area contributed by atoms with E-state index in [-0.39, 0.29) is 10.8 Å². The van der Waals surface area contributed by atoms with E-state index in [4.69, 9.17) is 4.98 Å². The van der Waals surface area contributed by atoms with Crippen molar-refractivity contribution in [1.82, 2.24) is 10.3 Å². The standard InChI is InChI=1S/C16H24N2/c1-15(2,3)12-9-11-10-17-8-7-13(11)18-14(12)16(4,5)6/h7-9,17H,10H2,1-6H3. The molecule has 0 radical (unpaired) electrons. The Morgan fingerprint density at radius 2 is 1.72 bits per heavy atom. The van der Waals surface area contributed by atoms with Gasteiger partial charge in [0.15, 0.2) is 0 Å². The summed E-state index contributed by atoms with van der Waals surface area (Å²) in [5.41, 5.74) is 5.22. The molecule has 0 fully saturated rings. The van der Waals surface area contributed by atoms with Gasteiger partial charge in [-0.05, 0) is 34.9 Å². The van der Waals surface area contributed by atoms with Crippen molar-refractivity contribution in [2.45, 2.75) is 58.9 Å². The molecule has 2 heterocycles. The van der Waals surface area contributed by atoms with Crippen molar-refractivity contribution in [3.05, 3.63) is 34.8 Å². The van der Waals surface area contributed by atoms with Crippen LogP contribution in [-0.4, -0.2) is 4.98 Å². The molecule has 2 nitrogen and oxygen atoms in total. The maximum absolute atomic E-state index is 4.92. The van der Waals surface area contributed by atoms with Crippen molar-refractivity contribution in [2.24, 2.45) is 0 Å². The minimum atomic E-state index is 0.0797. The molecule has 0 saturated heterocycles. The zero-order valence-electron chi connectivity index (χ0n) is 12.4. The highest BCUT2D eigenvalue weighted by Crippen LogP contribution is 2.34. The van der Waals surface area contributed by atoms with Gasteiger partial charge in [0, 0.05) is 12.0 Å². The summed E-state index contributed by atoms with van der Waals surface area (Å²) in [4.78, 5) is 4.92. The monoisotopic (exact) mass is 244 g/mol. The number of fused-ring (bicyclic) bond motifs is 1. The van der Waals surface area contributed by atoms with Crippen LogP contribution in [0.2, 0.25) is 0 Å². The second-order valence-electron chi connectivity index (χ2n) is 7.14. The van der Waals surface area contributed by atoms with Gasteiger partial charge in [0.2, 0.25) is 0 Å². The first-order chi connectivity index (χ1) is 8.19. The average molecular weight is 244 g/mol. The highest BCUT2D eigenvalue weighted by atomic mass is 14.9. The van der Waals surface area contributed by atoms with Gasteiger partial charge in [0.25, 0.3) is 0 Å². The maximum atomic E-state index is 4.92. The molecule has 1 aliphatic heterocycles. The fraction of sp³-hybridized carbons (Fsp3) is 0.562. The molecular weight excluding hydrogens is 220 g/mol. The number of hydrogen-bond donors (Lipinski definition) is 1. The van der Waals surface area contributed by atoms with E-state index >= 15 is 0 Å². The van der Waals surface area contributed by atoms with Crippen LogP contribution in [0.15, 0.2) is 12.3 Å². The van der Waals surface area contributed by atoms with Gasteiger partial charge >= 0.3 is 0 Å². The molecule has 1 N–H and O–H groups in total. The molecule has 0 aromatic carbocycles. The highest BCUT2D eigenvalue weighted by Gasteiger charge is 2.28. The van der Waals surface area contributed by atoms with E-state index in [1.807, 2.05) is 6.20 Å². The molecule has 0 amide bonds. The third-order valence-electron chi connectivity index (χ3n) is 3.30. The summed E-state index contributed by atoms with van der Waals surface area (Å²) in [5.74, 6) is 0. The summed E-state index contributed by atoms with van der Waals surface area (Å²) in [5, 5.41) is 3.26. The summed E-state index contributed by atoms with van der Waals surface area (Å²) in [7, 11) is 0. The fourth-order valence-corrected chi connectivity index (χ4v) is 2.31. The summed E-state index contributed by atoms with van der Waals surface area (Å²) in [6, 6.07) is 2.33. The minimum absolute atomic E-state index is 0.0797. The van der Waals surface area contributed by atoms with E-state index in [2.05, 4.69) is 59.0 Å². The first kappa shape index (κ1) is 13.1. The van der Waals surface area contributed by atoms with Crippen LogP contribution in [-0.2, 0) is 17.4 Å². The number of aromatic nitrogens is 1. The van der Waals surface area contributed by atoms with Gasteiger partial charge in [-0.25, -0.2) is 0 Å². The van der Waals surface area contributed by atoms with Crippen molar-refractivity contribution in [2.75, 3.05) is 0 Å². The fourth-order valence-electron chi connectivity index (χ4n) is 2.31. The Bertz CT molecular complexity index is 485. The Labute approximate surface area is 111 Å². The number of pyridine rings is 1. The van der Waals surface area contributed by atoms with Crippen molar-refractivity contribution < 1.29 is 0 Å². The molecule has 1 aliphatic rings. The average Bonchev–Trinajstić information content (AvgIpc) is 2.25. The van der Waals surface area contributed by atoms with Crippen LogP contribution in [0, 0.1) is 0 Å². The quantitative estimate of drug-likeness (QED) is 0.752. The number of nitrogens with one attached hydrogen (secondary N) is 1. The molecule has 2 rings (SSSR count). The third kappa shape index (κ3) is 2.43. The van der Waals surface area contributed by atoms with Gasteiger partial charge in [-0.3, -0.25) is 4.98 Å². The predicted octanol–water partition coefficient (Wildman–Crippen LogP) is 3.75. The molecule has 0 bridgehead atoms. The zero-order chi connectivity index (χ0) is 13.6. The van der Waals surface area contributed by atoms with Gasteiger partial charge in [-0.15, -0.1) is 0 Å². The van der Waals surface area contributed by atoms with E-state index in [1.165, 1.54) is 16.8 Å². The summed E-state index contributed by atoms with van der Waals surface area (Å²) in [6.07, 6.45) is 4.05. The van der Waals surface area contributed by atoms with E-state index in [9.17, 15) is 0 Å². The zero-order valence-corrected chi connectivity index (χ0v) is 12.4. The van der Waals surface area contributed by atoms with Crippen LogP contribution in [0.1, 0.15) is 64.1 Å². The SMILES string of the molecule is CC(C)(C)c1cc2c(nc1C(C)(C)C)C=CNC2. The molecule has 1 aromatic rings. The predicted molar refractivity (Wildman–Crippen MR) is 77.5 cm³/mol. The van der Waals surface area contributed by atoms with Gasteiger partial charge in [-0.2, -0.15) is 0 Å². The van der Waals surface area contributed by atoms with Crippen LogP contribution in [0.3, 0.4) is 0 Å².